The highest BCUT2D eigenvalue weighted by Crippen LogP contribution is 2.12. The highest BCUT2D eigenvalue weighted by Gasteiger charge is 2.19. The van der Waals surface area contributed by atoms with Gasteiger partial charge in [-0.2, -0.15) is 0 Å². The van der Waals surface area contributed by atoms with Gasteiger partial charge in [-0.25, -0.2) is 0 Å². The van der Waals surface area contributed by atoms with E-state index in [0.29, 0.717) is 12.8 Å². The van der Waals surface area contributed by atoms with Crippen LogP contribution in [0.25, 0.3) is 0 Å². The fraction of sp³-hybridized carbons (Fsp3) is 0.557. The average molecular weight is 1050 g/mol. The Morgan fingerprint density at radius 1 is 0.276 bits per heavy atom. The van der Waals surface area contributed by atoms with Crippen LogP contribution in [-0.4, -0.2) is 37.2 Å². The number of unbranched alkanes of at least 4 members (excludes halogenated alkanes) is 13. The standard InChI is InChI=1S/C70H108O6/c1-4-7-10-13-16-18-20-22-24-26-28-30-32-33-34-35-36-37-39-40-42-44-46-48-50-52-54-57-60-63-69(72)75-66-67(65-74-68(71)62-59-56-15-12-9-6-3)76-70(73)64-61-58-55-53-51-49-47-45-43-41-38-31-29-27-25-23-21-19-17-14-11-8-5-2/h7-8,10-11,16-19,22-25,28-31,33-34,36-37,40-43,46-49,67H,4-6,9,12-15,20-21,26-27,32,35,38-39,44-45,50-66H2,1-3H3/b10-7-,11-8-,18-16-,19-17-,24-22-,25-23-,30-28-,31-29-,34-33-,37-36-,42-40-,43-41-,48-46-,49-47-. The van der Waals surface area contributed by atoms with E-state index in [2.05, 4.69) is 191 Å². The molecule has 0 N–H and O–H groups in total. The summed E-state index contributed by atoms with van der Waals surface area (Å²) in [6.45, 7) is 6.29. The first-order chi connectivity index (χ1) is 37.5. The zero-order valence-electron chi connectivity index (χ0n) is 48.4. The van der Waals surface area contributed by atoms with E-state index < -0.39 is 6.10 Å². The molecule has 76 heavy (non-hydrogen) atoms. The molecule has 0 aliphatic heterocycles. The maximum absolute atomic E-state index is 12.8. The lowest BCUT2D eigenvalue weighted by atomic mass is 10.1. The number of esters is 3. The molecule has 6 heteroatoms. The molecule has 0 aromatic heterocycles. The van der Waals surface area contributed by atoms with Crippen molar-refractivity contribution < 1.29 is 28.6 Å². The summed E-state index contributed by atoms with van der Waals surface area (Å²) in [7, 11) is 0. The third-order valence-corrected chi connectivity index (χ3v) is 12.0. The molecule has 1 unspecified atom stereocenters. The van der Waals surface area contributed by atoms with E-state index >= 15 is 0 Å². The van der Waals surface area contributed by atoms with Crippen molar-refractivity contribution in [3.05, 3.63) is 170 Å². The van der Waals surface area contributed by atoms with Gasteiger partial charge in [0.05, 0.1) is 0 Å². The molecule has 0 aromatic rings. The molecule has 0 amide bonds. The second kappa shape index (κ2) is 62.3. The van der Waals surface area contributed by atoms with Crippen molar-refractivity contribution in [2.24, 2.45) is 0 Å². The predicted molar refractivity (Wildman–Crippen MR) is 329 cm³/mol. The quantitative estimate of drug-likeness (QED) is 0.0261. The van der Waals surface area contributed by atoms with Gasteiger partial charge in [0, 0.05) is 19.3 Å². The minimum Gasteiger partial charge on any atom is -0.462 e. The van der Waals surface area contributed by atoms with E-state index in [0.717, 1.165) is 173 Å². The van der Waals surface area contributed by atoms with Crippen LogP contribution in [0.3, 0.4) is 0 Å². The van der Waals surface area contributed by atoms with Crippen molar-refractivity contribution in [1.82, 2.24) is 0 Å². The van der Waals surface area contributed by atoms with Crippen LogP contribution in [0.1, 0.15) is 233 Å². The molecular formula is C70H108O6. The zero-order chi connectivity index (χ0) is 55.0. The summed E-state index contributed by atoms with van der Waals surface area (Å²) in [5.74, 6) is -0.976. The SMILES string of the molecule is CC/C=C\C/C=C\C/C=C\C/C=C\C/C=C\C/C=C\C/C=C\C/C=C\CCCCCCC(=O)OCC(COC(=O)CCCCCCCC)OC(=O)CCCCCC/C=C\C/C=C\C/C=C\C/C=C\C/C=C\C/C=C\CC. The molecular weight excluding hydrogens is 937 g/mol. The summed E-state index contributed by atoms with van der Waals surface area (Å²) in [4.78, 5) is 38.0. The topological polar surface area (TPSA) is 78.9 Å². The van der Waals surface area contributed by atoms with Gasteiger partial charge in [-0.3, -0.25) is 14.4 Å². The summed E-state index contributed by atoms with van der Waals surface area (Å²) in [5, 5.41) is 0. The van der Waals surface area contributed by atoms with Crippen molar-refractivity contribution in [3.63, 3.8) is 0 Å². The number of carbonyl (C=O) groups is 3. The Balaban J connectivity index is 4.29. The number of allylic oxidation sites excluding steroid dienone is 28. The lowest BCUT2D eigenvalue weighted by Crippen LogP contribution is -2.30. The Hall–Kier alpha value is -5.23. The molecule has 6 nitrogen and oxygen atoms in total. The summed E-state index contributed by atoms with van der Waals surface area (Å²) in [6, 6.07) is 0. The molecule has 1 atom stereocenters. The molecule has 424 valence electrons. The highest BCUT2D eigenvalue weighted by molar-refractivity contribution is 5.71. The largest absolute Gasteiger partial charge is 0.462 e. The maximum Gasteiger partial charge on any atom is 0.306 e. The predicted octanol–water partition coefficient (Wildman–Crippen LogP) is 20.7. The lowest BCUT2D eigenvalue weighted by Gasteiger charge is -2.18. The van der Waals surface area contributed by atoms with E-state index in [4.69, 9.17) is 14.2 Å². The van der Waals surface area contributed by atoms with E-state index in [9.17, 15) is 14.4 Å². The van der Waals surface area contributed by atoms with Gasteiger partial charge in [0.15, 0.2) is 6.10 Å². The number of hydrogen-bond donors (Lipinski definition) is 0. The van der Waals surface area contributed by atoms with Crippen molar-refractivity contribution in [3.8, 4) is 0 Å². The van der Waals surface area contributed by atoms with Crippen molar-refractivity contribution in [2.75, 3.05) is 13.2 Å². The first-order valence-corrected chi connectivity index (χ1v) is 30.1. The van der Waals surface area contributed by atoms with Gasteiger partial charge in [0.2, 0.25) is 0 Å². The maximum atomic E-state index is 12.8. The molecule has 0 saturated carbocycles. The highest BCUT2D eigenvalue weighted by atomic mass is 16.6. The van der Waals surface area contributed by atoms with Crippen LogP contribution in [-0.2, 0) is 28.6 Å². The smallest absolute Gasteiger partial charge is 0.306 e. The summed E-state index contributed by atoms with van der Waals surface area (Å²) in [5.41, 5.74) is 0. The third kappa shape index (κ3) is 59.6. The molecule has 0 bridgehead atoms. The number of rotatable bonds is 52. The van der Waals surface area contributed by atoms with Crippen molar-refractivity contribution in [2.45, 2.75) is 239 Å². The second-order valence-corrected chi connectivity index (χ2v) is 19.1. The van der Waals surface area contributed by atoms with Crippen LogP contribution in [0.2, 0.25) is 0 Å². The molecule has 0 aliphatic carbocycles. The molecule has 0 spiro atoms. The average Bonchev–Trinajstić information content (AvgIpc) is 3.42. The summed E-state index contributed by atoms with van der Waals surface area (Å²) >= 11 is 0. The lowest BCUT2D eigenvalue weighted by molar-refractivity contribution is -0.167. The summed E-state index contributed by atoms with van der Waals surface area (Å²) < 4.78 is 16.7. The van der Waals surface area contributed by atoms with Gasteiger partial charge in [0.1, 0.15) is 13.2 Å². The molecule has 0 aromatic carbocycles. The van der Waals surface area contributed by atoms with Gasteiger partial charge in [0.25, 0.3) is 0 Å². The Kier molecular flexibility index (Phi) is 58.0. The van der Waals surface area contributed by atoms with Crippen LogP contribution in [0.15, 0.2) is 170 Å². The molecule has 0 saturated heterocycles. The molecule has 0 fully saturated rings. The van der Waals surface area contributed by atoms with Gasteiger partial charge >= 0.3 is 17.9 Å². The van der Waals surface area contributed by atoms with E-state index in [1.807, 2.05) is 0 Å². The van der Waals surface area contributed by atoms with E-state index in [-0.39, 0.29) is 37.5 Å². The van der Waals surface area contributed by atoms with Crippen LogP contribution in [0.5, 0.6) is 0 Å². The molecule has 0 radical (unpaired) electrons. The second-order valence-electron chi connectivity index (χ2n) is 19.1. The van der Waals surface area contributed by atoms with Crippen molar-refractivity contribution in [1.29, 1.82) is 0 Å². The van der Waals surface area contributed by atoms with Gasteiger partial charge in [-0.1, -0.05) is 249 Å². The van der Waals surface area contributed by atoms with E-state index in [1.54, 1.807) is 0 Å². The fourth-order valence-electron chi connectivity index (χ4n) is 7.52. The molecule has 0 rings (SSSR count). The molecule has 0 aliphatic rings. The summed E-state index contributed by atoms with van der Waals surface area (Å²) in [6.07, 6.45) is 92.3. The third-order valence-electron chi connectivity index (χ3n) is 12.0. The van der Waals surface area contributed by atoms with Crippen LogP contribution in [0.4, 0.5) is 0 Å². The Morgan fingerprint density at radius 3 is 0.803 bits per heavy atom. The van der Waals surface area contributed by atoms with Crippen LogP contribution >= 0.6 is 0 Å². The molecule has 0 heterocycles. The van der Waals surface area contributed by atoms with Crippen molar-refractivity contribution >= 4 is 17.9 Å². The number of carbonyl (C=O) groups excluding carboxylic acids is 3. The van der Waals surface area contributed by atoms with Gasteiger partial charge < -0.3 is 14.2 Å². The number of ether oxygens (including phenoxy) is 3. The first kappa shape index (κ1) is 70.8. The zero-order valence-corrected chi connectivity index (χ0v) is 48.4. The fourth-order valence-corrected chi connectivity index (χ4v) is 7.52. The van der Waals surface area contributed by atoms with Gasteiger partial charge in [-0.05, 0) is 135 Å². The Morgan fingerprint density at radius 2 is 0.513 bits per heavy atom. The minimum absolute atomic E-state index is 0.105. The monoisotopic (exact) mass is 1040 g/mol. The first-order valence-electron chi connectivity index (χ1n) is 30.1. The van der Waals surface area contributed by atoms with E-state index in [1.165, 1.54) is 19.3 Å². The Labute approximate surface area is 466 Å². The normalized spacial score (nSPS) is 13.4. The Bertz CT molecular complexity index is 1770. The van der Waals surface area contributed by atoms with Crippen LogP contribution < -0.4 is 0 Å². The van der Waals surface area contributed by atoms with Crippen LogP contribution in [0, 0.1) is 0 Å². The van der Waals surface area contributed by atoms with Gasteiger partial charge in [-0.15, -0.1) is 0 Å². The minimum atomic E-state index is -0.809. The number of hydrogen-bond acceptors (Lipinski definition) is 6.